The van der Waals surface area contributed by atoms with E-state index >= 15 is 0 Å². The standard InChI is InChI=1S/C40H43N5O2/c1-24-17-30(45-28(5)40(27(4)42-45)39-25(2)19-29(43(6)7)20-26(39)3)21-33(18-24)47-32-13-14-35-34-11-9-10-12-36(34)44(37(35)22-32)38-23-31(46-8)15-16-41-38/h9-19,21-23,26,29,39H,20H2,1-8H3/t26-,29?,39+/m0/s1. The largest absolute Gasteiger partial charge is 0.497 e. The molecule has 1 aliphatic rings. The molecule has 6 aromatic rings. The van der Waals surface area contributed by atoms with Gasteiger partial charge in [0.1, 0.15) is 23.1 Å². The normalized spacial score (nSPS) is 18.2. The molecule has 0 bridgehead atoms. The molecule has 0 N–H and O–H groups in total. The summed E-state index contributed by atoms with van der Waals surface area (Å²) in [6, 6.07) is 25.3. The molecule has 3 heterocycles. The van der Waals surface area contributed by atoms with Crippen LogP contribution in [-0.4, -0.2) is 51.5 Å². The molecule has 7 nitrogen and oxygen atoms in total. The lowest BCUT2D eigenvalue weighted by atomic mass is 9.73. The van der Waals surface area contributed by atoms with Gasteiger partial charge in [-0.25, -0.2) is 9.67 Å². The number of rotatable bonds is 7. The van der Waals surface area contributed by atoms with Crippen molar-refractivity contribution in [3.63, 3.8) is 0 Å². The lowest BCUT2D eigenvalue weighted by Crippen LogP contribution is -2.33. The molecule has 0 saturated heterocycles. The van der Waals surface area contributed by atoms with Crippen molar-refractivity contribution in [3.8, 4) is 28.8 Å². The van der Waals surface area contributed by atoms with Gasteiger partial charge in [0, 0.05) is 58.4 Å². The van der Waals surface area contributed by atoms with Crippen LogP contribution >= 0.6 is 0 Å². The Balaban J connectivity index is 1.26. The highest BCUT2D eigenvalue weighted by molar-refractivity contribution is 6.09. The minimum Gasteiger partial charge on any atom is -0.497 e. The summed E-state index contributed by atoms with van der Waals surface area (Å²) in [5, 5.41) is 7.39. The maximum Gasteiger partial charge on any atom is 0.141 e. The fraction of sp³-hybridized carbons (Fsp3) is 0.300. The molecule has 0 spiro atoms. The molecule has 1 aliphatic carbocycles. The molecule has 47 heavy (non-hydrogen) atoms. The van der Waals surface area contributed by atoms with E-state index in [9.17, 15) is 0 Å². The molecule has 1 unspecified atom stereocenters. The number of ether oxygens (including phenoxy) is 2. The first-order chi connectivity index (χ1) is 22.6. The Morgan fingerprint density at radius 2 is 1.62 bits per heavy atom. The molecular formula is C40H43N5O2. The summed E-state index contributed by atoms with van der Waals surface area (Å²) in [5.74, 6) is 3.96. The molecule has 7 rings (SSSR count). The number of para-hydroxylation sites is 1. The highest BCUT2D eigenvalue weighted by atomic mass is 16.5. The number of aryl methyl sites for hydroxylation is 2. The van der Waals surface area contributed by atoms with Gasteiger partial charge >= 0.3 is 0 Å². The fourth-order valence-corrected chi connectivity index (χ4v) is 7.62. The number of hydrogen-bond donors (Lipinski definition) is 0. The summed E-state index contributed by atoms with van der Waals surface area (Å²) in [6.45, 7) is 11.1. The second-order valence-electron chi connectivity index (χ2n) is 13.3. The van der Waals surface area contributed by atoms with E-state index < -0.39 is 0 Å². The molecule has 3 aromatic carbocycles. The molecule has 0 fully saturated rings. The van der Waals surface area contributed by atoms with Gasteiger partial charge in [-0.05, 0) is 96.1 Å². The number of likely N-dealkylation sites (N-methyl/N-ethyl adjacent to an activating group) is 1. The Labute approximate surface area is 277 Å². The maximum atomic E-state index is 6.61. The summed E-state index contributed by atoms with van der Waals surface area (Å²) in [4.78, 5) is 7.02. The van der Waals surface area contributed by atoms with Gasteiger partial charge in [0.15, 0.2) is 0 Å². The zero-order valence-corrected chi connectivity index (χ0v) is 28.6. The van der Waals surface area contributed by atoms with E-state index in [1.54, 1.807) is 13.3 Å². The van der Waals surface area contributed by atoms with Gasteiger partial charge in [0.05, 0.1) is 29.5 Å². The third-order valence-electron chi connectivity index (χ3n) is 9.79. The first kappa shape index (κ1) is 30.8. The summed E-state index contributed by atoms with van der Waals surface area (Å²) < 4.78 is 16.4. The van der Waals surface area contributed by atoms with Crippen LogP contribution in [0.4, 0.5) is 0 Å². The zero-order chi connectivity index (χ0) is 33.0. The predicted molar refractivity (Wildman–Crippen MR) is 191 cm³/mol. The number of hydrogen-bond acceptors (Lipinski definition) is 5. The van der Waals surface area contributed by atoms with Crippen LogP contribution in [0.1, 0.15) is 48.7 Å². The van der Waals surface area contributed by atoms with Crippen molar-refractivity contribution in [1.29, 1.82) is 0 Å². The first-order valence-corrected chi connectivity index (χ1v) is 16.4. The first-order valence-electron chi connectivity index (χ1n) is 16.4. The van der Waals surface area contributed by atoms with E-state index in [1.165, 1.54) is 16.8 Å². The van der Waals surface area contributed by atoms with Crippen LogP contribution in [0.3, 0.4) is 0 Å². The molecular weight excluding hydrogens is 582 g/mol. The molecule has 0 radical (unpaired) electrons. The number of nitrogens with zero attached hydrogens (tertiary/aromatic N) is 5. The highest BCUT2D eigenvalue weighted by Crippen LogP contribution is 2.42. The van der Waals surface area contributed by atoms with E-state index in [-0.39, 0.29) is 0 Å². The number of aromatic nitrogens is 4. The van der Waals surface area contributed by atoms with Gasteiger partial charge in [0.25, 0.3) is 0 Å². The smallest absolute Gasteiger partial charge is 0.141 e. The summed E-state index contributed by atoms with van der Waals surface area (Å²) >= 11 is 0. The van der Waals surface area contributed by atoms with Crippen LogP contribution in [0, 0.1) is 26.7 Å². The average molecular weight is 626 g/mol. The average Bonchev–Trinajstić information content (AvgIpc) is 3.53. The van der Waals surface area contributed by atoms with Crippen LogP contribution < -0.4 is 9.47 Å². The van der Waals surface area contributed by atoms with Crippen LogP contribution in [0.5, 0.6) is 17.2 Å². The molecule has 3 aromatic heterocycles. The Bertz CT molecular complexity index is 2150. The second kappa shape index (κ2) is 12.0. The SMILES string of the molecule is COc1ccnc(-n2c3ccccc3c3ccc(Oc4cc(C)cc(-n5nc(C)c([C@@H]6C(C)=CC(N(C)C)C[C@@H]6C)c5C)c4)cc32)c1. The van der Waals surface area contributed by atoms with Gasteiger partial charge in [0.2, 0.25) is 0 Å². The van der Waals surface area contributed by atoms with E-state index in [0.29, 0.717) is 17.9 Å². The second-order valence-corrected chi connectivity index (χ2v) is 13.3. The Morgan fingerprint density at radius 3 is 2.38 bits per heavy atom. The number of methoxy groups -OCH3 is 1. The van der Waals surface area contributed by atoms with Crippen molar-refractivity contribution in [1.82, 2.24) is 24.2 Å². The third-order valence-corrected chi connectivity index (χ3v) is 9.79. The Kier molecular flexibility index (Phi) is 7.88. The number of pyridine rings is 1. The van der Waals surface area contributed by atoms with Crippen LogP contribution in [0.2, 0.25) is 0 Å². The number of fused-ring (bicyclic) bond motifs is 3. The maximum absolute atomic E-state index is 6.61. The lowest BCUT2D eigenvalue weighted by Gasteiger charge is -2.36. The molecule has 240 valence electrons. The van der Waals surface area contributed by atoms with E-state index in [2.05, 4.69) is 124 Å². The highest BCUT2D eigenvalue weighted by Gasteiger charge is 2.33. The van der Waals surface area contributed by atoms with E-state index in [1.807, 2.05) is 18.2 Å². The molecule has 0 amide bonds. The number of benzene rings is 3. The van der Waals surface area contributed by atoms with Crippen molar-refractivity contribution in [3.05, 3.63) is 113 Å². The molecule has 3 atom stereocenters. The molecule has 0 saturated carbocycles. The van der Waals surface area contributed by atoms with Crippen molar-refractivity contribution in [2.75, 3.05) is 21.2 Å². The van der Waals surface area contributed by atoms with Gasteiger partial charge in [-0.1, -0.05) is 36.8 Å². The van der Waals surface area contributed by atoms with Crippen molar-refractivity contribution in [2.45, 2.75) is 53.0 Å². The number of allylic oxidation sites excluding steroid dienone is 1. The monoisotopic (exact) mass is 625 g/mol. The van der Waals surface area contributed by atoms with Gasteiger partial charge in [-0.3, -0.25) is 4.57 Å². The van der Waals surface area contributed by atoms with E-state index in [0.717, 1.165) is 68.2 Å². The predicted octanol–water partition coefficient (Wildman–Crippen LogP) is 9.09. The van der Waals surface area contributed by atoms with Crippen LogP contribution in [-0.2, 0) is 0 Å². The fourth-order valence-electron chi connectivity index (χ4n) is 7.62. The quantitative estimate of drug-likeness (QED) is 0.166. The Hall–Kier alpha value is -4.88. The minimum absolute atomic E-state index is 0.359. The summed E-state index contributed by atoms with van der Waals surface area (Å²) in [6.07, 6.45) is 5.36. The van der Waals surface area contributed by atoms with Gasteiger partial charge in [-0.2, -0.15) is 5.10 Å². The topological polar surface area (TPSA) is 57.3 Å². The minimum atomic E-state index is 0.359. The van der Waals surface area contributed by atoms with Crippen molar-refractivity contribution >= 4 is 21.8 Å². The zero-order valence-electron chi connectivity index (χ0n) is 28.6. The summed E-state index contributed by atoms with van der Waals surface area (Å²) in [5.41, 5.74) is 9.25. The molecule has 0 aliphatic heterocycles. The molecule has 7 heteroatoms. The third kappa shape index (κ3) is 5.48. The van der Waals surface area contributed by atoms with Gasteiger partial charge in [-0.15, -0.1) is 0 Å². The Morgan fingerprint density at radius 1 is 0.830 bits per heavy atom. The van der Waals surface area contributed by atoms with Gasteiger partial charge < -0.3 is 14.4 Å². The van der Waals surface area contributed by atoms with Crippen molar-refractivity contribution in [2.24, 2.45) is 5.92 Å². The summed E-state index contributed by atoms with van der Waals surface area (Å²) in [7, 11) is 6.01. The van der Waals surface area contributed by atoms with Crippen LogP contribution in [0.15, 0.2) is 90.6 Å². The van der Waals surface area contributed by atoms with Crippen molar-refractivity contribution < 1.29 is 9.47 Å². The van der Waals surface area contributed by atoms with E-state index in [4.69, 9.17) is 19.6 Å². The lowest BCUT2D eigenvalue weighted by molar-refractivity contribution is 0.266. The van der Waals surface area contributed by atoms with Crippen LogP contribution in [0.25, 0.3) is 33.3 Å².